The SMILES string of the molecule is N#Cc1ccc(Cl)cc1OCC1CCC2(CCCC2)O1. The van der Waals surface area contributed by atoms with E-state index in [1.165, 1.54) is 25.7 Å². The van der Waals surface area contributed by atoms with Gasteiger partial charge in [0.25, 0.3) is 0 Å². The maximum atomic E-state index is 9.06. The summed E-state index contributed by atoms with van der Waals surface area (Å²) in [5.74, 6) is 0.552. The van der Waals surface area contributed by atoms with Crippen molar-refractivity contribution in [2.75, 3.05) is 6.61 Å². The quantitative estimate of drug-likeness (QED) is 0.842. The minimum Gasteiger partial charge on any atom is -0.489 e. The molecule has 0 bridgehead atoms. The second-order valence-electron chi connectivity index (χ2n) is 5.73. The minimum atomic E-state index is 0.125. The molecule has 0 radical (unpaired) electrons. The molecule has 1 aromatic rings. The average Bonchev–Trinajstić information content (AvgIpc) is 3.07. The third kappa shape index (κ3) is 2.77. The molecule has 1 saturated heterocycles. The first-order chi connectivity index (χ1) is 9.71. The van der Waals surface area contributed by atoms with Gasteiger partial charge in [-0.2, -0.15) is 5.26 Å². The van der Waals surface area contributed by atoms with Crippen LogP contribution in [0.5, 0.6) is 5.75 Å². The van der Waals surface area contributed by atoms with Crippen LogP contribution >= 0.6 is 11.6 Å². The second-order valence-corrected chi connectivity index (χ2v) is 6.17. The van der Waals surface area contributed by atoms with Gasteiger partial charge in [-0.05, 0) is 37.8 Å². The molecular formula is C16H18ClNO2. The van der Waals surface area contributed by atoms with Gasteiger partial charge in [-0.15, -0.1) is 0 Å². The van der Waals surface area contributed by atoms with Crippen molar-refractivity contribution in [3.63, 3.8) is 0 Å². The van der Waals surface area contributed by atoms with Gasteiger partial charge >= 0.3 is 0 Å². The predicted molar refractivity (Wildman–Crippen MR) is 77.0 cm³/mol. The van der Waals surface area contributed by atoms with Gasteiger partial charge in [0.1, 0.15) is 18.4 Å². The number of ether oxygens (including phenoxy) is 2. The van der Waals surface area contributed by atoms with Crippen LogP contribution < -0.4 is 4.74 Å². The Bertz CT molecular complexity index is 532. The van der Waals surface area contributed by atoms with Crippen LogP contribution in [0.3, 0.4) is 0 Å². The molecule has 2 aliphatic rings. The van der Waals surface area contributed by atoms with Crippen LogP contribution in [-0.4, -0.2) is 18.3 Å². The molecule has 1 heterocycles. The summed E-state index contributed by atoms with van der Waals surface area (Å²) in [6, 6.07) is 7.20. The third-order valence-electron chi connectivity index (χ3n) is 4.34. The van der Waals surface area contributed by atoms with Crippen molar-refractivity contribution in [1.82, 2.24) is 0 Å². The minimum absolute atomic E-state index is 0.125. The number of halogens is 1. The second kappa shape index (κ2) is 5.63. The Morgan fingerprint density at radius 1 is 1.35 bits per heavy atom. The first-order valence-electron chi connectivity index (χ1n) is 7.21. The molecular weight excluding hydrogens is 274 g/mol. The fourth-order valence-electron chi connectivity index (χ4n) is 3.29. The zero-order valence-corrected chi connectivity index (χ0v) is 12.2. The predicted octanol–water partition coefficient (Wildman–Crippen LogP) is 4.08. The molecule has 1 saturated carbocycles. The summed E-state index contributed by atoms with van der Waals surface area (Å²) in [5.41, 5.74) is 0.642. The van der Waals surface area contributed by atoms with Gasteiger partial charge in [0.2, 0.25) is 0 Å². The summed E-state index contributed by atoms with van der Waals surface area (Å²) < 4.78 is 12.0. The highest BCUT2D eigenvalue weighted by Gasteiger charge is 2.42. The van der Waals surface area contributed by atoms with Crippen molar-refractivity contribution >= 4 is 11.6 Å². The smallest absolute Gasteiger partial charge is 0.138 e. The molecule has 2 fully saturated rings. The Kier molecular flexibility index (Phi) is 3.87. The first-order valence-corrected chi connectivity index (χ1v) is 7.59. The Hall–Kier alpha value is -1.24. The molecule has 106 valence electrons. The Morgan fingerprint density at radius 2 is 2.15 bits per heavy atom. The summed E-state index contributed by atoms with van der Waals surface area (Å²) in [5, 5.41) is 9.65. The number of nitrogens with zero attached hydrogens (tertiary/aromatic N) is 1. The van der Waals surface area contributed by atoms with E-state index in [9.17, 15) is 0 Å². The Balaban J connectivity index is 1.60. The van der Waals surface area contributed by atoms with Gasteiger partial charge in [-0.25, -0.2) is 0 Å². The van der Waals surface area contributed by atoms with Crippen molar-refractivity contribution in [3.05, 3.63) is 28.8 Å². The largest absolute Gasteiger partial charge is 0.489 e. The molecule has 20 heavy (non-hydrogen) atoms. The highest BCUT2D eigenvalue weighted by molar-refractivity contribution is 6.30. The van der Waals surface area contributed by atoms with Crippen molar-refractivity contribution in [1.29, 1.82) is 5.26 Å². The van der Waals surface area contributed by atoms with E-state index in [-0.39, 0.29) is 11.7 Å². The molecule has 3 nitrogen and oxygen atoms in total. The lowest BCUT2D eigenvalue weighted by Gasteiger charge is -2.23. The van der Waals surface area contributed by atoms with Gasteiger partial charge in [0, 0.05) is 11.1 Å². The van der Waals surface area contributed by atoms with Gasteiger partial charge in [0.15, 0.2) is 0 Å². The molecule has 1 spiro atoms. The molecule has 1 aliphatic carbocycles. The maximum Gasteiger partial charge on any atom is 0.138 e. The molecule has 1 aromatic carbocycles. The number of benzene rings is 1. The van der Waals surface area contributed by atoms with E-state index in [1.54, 1.807) is 18.2 Å². The average molecular weight is 292 g/mol. The Morgan fingerprint density at radius 3 is 2.90 bits per heavy atom. The summed E-state index contributed by atoms with van der Waals surface area (Å²) in [4.78, 5) is 0. The lowest BCUT2D eigenvalue weighted by Crippen LogP contribution is -2.27. The molecule has 3 rings (SSSR count). The fraction of sp³-hybridized carbons (Fsp3) is 0.562. The van der Waals surface area contributed by atoms with Gasteiger partial charge < -0.3 is 9.47 Å². The maximum absolute atomic E-state index is 9.06. The molecule has 1 atom stereocenters. The third-order valence-corrected chi connectivity index (χ3v) is 4.58. The van der Waals surface area contributed by atoms with Crippen LogP contribution in [0.25, 0.3) is 0 Å². The van der Waals surface area contributed by atoms with Crippen LogP contribution in [0, 0.1) is 11.3 Å². The van der Waals surface area contributed by atoms with Crippen LogP contribution in [0.4, 0.5) is 0 Å². The normalized spacial score (nSPS) is 23.9. The number of hydrogen-bond donors (Lipinski definition) is 0. The number of rotatable bonds is 3. The monoisotopic (exact) mass is 291 g/mol. The van der Waals surface area contributed by atoms with E-state index in [1.807, 2.05) is 0 Å². The molecule has 0 amide bonds. The van der Waals surface area contributed by atoms with Gasteiger partial charge in [-0.3, -0.25) is 0 Å². The molecule has 1 aliphatic heterocycles. The zero-order valence-electron chi connectivity index (χ0n) is 11.4. The number of nitriles is 1. The number of hydrogen-bond acceptors (Lipinski definition) is 3. The summed E-state index contributed by atoms with van der Waals surface area (Å²) in [6.07, 6.45) is 7.25. The van der Waals surface area contributed by atoms with E-state index in [4.69, 9.17) is 26.3 Å². The topological polar surface area (TPSA) is 42.2 Å². The van der Waals surface area contributed by atoms with E-state index < -0.39 is 0 Å². The summed E-state index contributed by atoms with van der Waals surface area (Å²) >= 11 is 5.95. The Labute approximate surface area is 124 Å². The van der Waals surface area contributed by atoms with Crippen LogP contribution in [0.2, 0.25) is 5.02 Å². The van der Waals surface area contributed by atoms with E-state index in [0.717, 1.165) is 12.8 Å². The molecule has 0 N–H and O–H groups in total. The van der Waals surface area contributed by atoms with Crippen molar-refractivity contribution in [2.24, 2.45) is 0 Å². The van der Waals surface area contributed by atoms with E-state index >= 15 is 0 Å². The first kappa shape index (κ1) is 13.7. The molecule has 1 unspecified atom stereocenters. The standard InChI is InChI=1S/C16H18ClNO2/c17-13-4-3-12(10-18)15(9-13)19-11-14-5-8-16(20-14)6-1-2-7-16/h3-4,9,14H,1-2,5-8,11H2. The van der Waals surface area contributed by atoms with Crippen molar-refractivity contribution < 1.29 is 9.47 Å². The lowest BCUT2D eigenvalue weighted by molar-refractivity contribution is -0.0509. The van der Waals surface area contributed by atoms with Gasteiger partial charge in [-0.1, -0.05) is 24.4 Å². The zero-order chi connectivity index (χ0) is 14.0. The van der Waals surface area contributed by atoms with Crippen LogP contribution in [0.15, 0.2) is 18.2 Å². The van der Waals surface area contributed by atoms with E-state index in [0.29, 0.717) is 22.9 Å². The molecule has 0 aromatic heterocycles. The summed E-state index contributed by atoms with van der Waals surface area (Å²) in [6.45, 7) is 0.497. The van der Waals surface area contributed by atoms with Crippen molar-refractivity contribution in [2.45, 2.75) is 50.2 Å². The fourth-order valence-corrected chi connectivity index (χ4v) is 3.45. The summed E-state index contributed by atoms with van der Waals surface area (Å²) in [7, 11) is 0. The molecule has 4 heteroatoms. The highest BCUT2D eigenvalue weighted by atomic mass is 35.5. The lowest BCUT2D eigenvalue weighted by atomic mass is 9.98. The van der Waals surface area contributed by atoms with Gasteiger partial charge in [0.05, 0.1) is 17.3 Å². The highest BCUT2D eigenvalue weighted by Crippen LogP contribution is 2.43. The van der Waals surface area contributed by atoms with Crippen LogP contribution in [-0.2, 0) is 4.74 Å². The van der Waals surface area contributed by atoms with E-state index in [2.05, 4.69) is 6.07 Å². The van der Waals surface area contributed by atoms with Crippen LogP contribution in [0.1, 0.15) is 44.1 Å². The van der Waals surface area contributed by atoms with Crippen molar-refractivity contribution in [3.8, 4) is 11.8 Å².